The van der Waals surface area contributed by atoms with Gasteiger partial charge in [0.05, 0.1) is 34.1 Å². The van der Waals surface area contributed by atoms with Gasteiger partial charge >= 0.3 is 0 Å². The molecule has 3 aliphatic carbocycles. The molecule has 0 spiro atoms. The lowest BCUT2D eigenvalue weighted by Crippen LogP contribution is -2.19. The van der Waals surface area contributed by atoms with Crippen LogP contribution in [0.15, 0.2) is 396 Å². The number of furan rings is 1. The summed E-state index contributed by atoms with van der Waals surface area (Å²) in [5.41, 5.74) is 42.7. The van der Waals surface area contributed by atoms with E-state index in [1.807, 2.05) is 17.8 Å². The SMILES string of the molecule is Cc1ccc2c(c1)N(c1ccc3c(c1)-c1ccccc1-c1ccc(N4c5ccccc5Oc5cc6c(cc54)C(C)(C)c4ccccc4-6)cc1-c1ccccc1-3)c1cc(C)ccc1O2.Cc1cccc(N(c2ccccc2)c2ccc3c(c2)-c2ccccc2-c2ccc(N4c5ccccc5Sc5cc6c(cc54)oc4ccccc46)cc2-c2ccccc2-3)c1. The van der Waals surface area contributed by atoms with E-state index in [0.717, 1.165) is 113 Å². The Balaban J connectivity index is 0.000000138. The Morgan fingerprint density at radius 3 is 1.27 bits per heavy atom. The second kappa shape index (κ2) is 27.8. The van der Waals surface area contributed by atoms with E-state index in [1.165, 1.54) is 138 Å². The number of hydrogen-bond donors (Lipinski definition) is 0. The summed E-state index contributed by atoms with van der Waals surface area (Å²) in [5, 5.41) is 2.28. The Morgan fingerprint density at radius 2 is 0.672 bits per heavy atom. The third-order valence-electron chi connectivity index (χ3n) is 25.5. The van der Waals surface area contributed by atoms with Crippen LogP contribution in [0, 0.1) is 20.8 Å². The topological polar surface area (TPSA) is 44.6 Å². The van der Waals surface area contributed by atoms with Crippen LogP contribution in [0.3, 0.4) is 0 Å². The molecule has 3 aliphatic heterocycles. The lowest BCUT2D eigenvalue weighted by Gasteiger charge is -2.35. The van der Waals surface area contributed by atoms with Crippen LogP contribution in [0.25, 0.3) is 122 Å². The van der Waals surface area contributed by atoms with Crippen LogP contribution < -0.4 is 29.1 Å². The second-order valence-electron chi connectivity index (χ2n) is 33.3. The van der Waals surface area contributed by atoms with E-state index in [0.29, 0.717) is 0 Å². The zero-order valence-corrected chi connectivity index (χ0v) is 68.6. The maximum Gasteiger partial charge on any atom is 0.152 e. The molecule has 8 heteroatoms. The van der Waals surface area contributed by atoms with Crippen molar-refractivity contribution in [2.24, 2.45) is 0 Å². The number of ether oxygens (including phenoxy) is 2. The van der Waals surface area contributed by atoms with Crippen LogP contribution in [0.2, 0.25) is 0 Å². The number of rotatable bonds is 6. The first-order valence-electron chi connectivity index (χ1n) is 41.9. The van der Waals surface area contributed by atoms with Gasteiger partial charge in [0.25, 0.3) is 0 Å². The van der Waals surface area contributed by atoms with Crippen molar-refractivity contribution in [3.8, 4) is 123 Å². The Bertz CT molecular complexity index is 7560. The molecular formula is C114H78N4O3S. The predicted octanol–water partition coefficient (Wildman–Crippen LogP) is 33.0. The van der Waals surface area contributed by atoms with Crippen LogP contribution in [0.5, 0.6) is 23.0 Å². The maximum atomic E-state index is 6.78. The number of benzene rings is 18. The van der Waals surface area contributed by atoms with Gasteiger partial charge in [-0.3, -0.25) is 0 Å². The van der Waals surface area contributed by atoms with E-state index in [-0.39, 0.29) is 5.41 Å². The average molecular weight is 1580 g/mol. The molecule has 4 heterocycles. The Labute approximate surface area is 713 Å². The van der Waals surface area contributed by atoms with Crippen LogP contribution in [0.4, 0.5) is 68.2 Å². The molecule has 0 amide bonds. The molecule has 0 bridgehead atoms. The summed E-state index contributed by atoms with van der Waals surface area (Å²) in [4.78, 5) is 12.0. The summed E-state index contributed by atoms with van der Waals surface area (Å²) >= 11 is 1.83. The molecule has 0 atom stereocenters. The van der Waals surface area contributed by atoms with Gasteiger partial charge in [-0.2, -0.15) is 0 Å². The first kappa shape index (κ1) is 71.1. The van der Waals surface area contributed by atoms with Gasteiger partial charge < -0.3 is 33.5 Å². The minimum absolute atomic E-state index is 0.155. The minimum Gasteiger partial charge on any atom is -0.456 e. The third kappa shape index (κ3) is 11.3. The number of anilines is 12. The van der Waals surface area contributed by atoms with Crippen LogP contribution in [0.1, 0.15) is 41.7 Å². The Hall–Kier alpha value is -15.1. The third-order valence-corrected chi connectivity index (χ3v) is 26.6. The van der Waals surface area contributed by atoms with E-state index in [4.69, 9.17) is 13.9 Å². The van der Waals surface area contributed by atoms with Crippen LogP contribution in [-0.4, -0.2) is 0 Å². The summed E-state index contributed by atoms with van der Waals surface area (Å²) in [6.07, 6.45) is 0. The van der Waals surface area contributed by atoms with Crippen molar-refractivity contribution in [1.82, 2.24) is 0 Å². The lowest BCUT2D eigenvalue weighted by atomic mass is 9.80. The normalized spacial score (nSPS) is 13.2. The Kier molecular flexibility index (Phi) is 16.2. The molecule has 0 saturated heterocycles. The smallest absolute Gasteiger partial charge is 0.152 e. The van der Waals surface area contributed by atoms with Crippen molar-refractivity contribution in [2.45, 2.75) is 49.8 Å². The van der Waals surface area contributed by atoms with Gasteiger partial charge in [-0.15, -0.1) is 0 Å². The molecular weight excluding hydrogens is 1510 g/mol. The molecule has 6 aliphatic rings. The maximum absolute atomic E-state index is 6.78. The van der Waals surface area contributed by atoms with Gasteiger partial charge in [0.1, 0.15) is 11.2 Å². The first-order chi connectivity index (χ1) is 60.0. The van der Waals surface area contributed by atoms with Gasteiger partial charge in [0.2, 0.25) is 0 Å². The van der Waals surface area contributed by atoms with Crippen LogP contribution >= 0.6 is 11.8 Å². The first-order valence-corrected chi connectivity index (χ1v) is 42.7. The van der Waals surface area contributed by atoms with E-state index in [9.17, 15) is 0 Å². The molecule has 18 aromatic carbocycles. The number of aryl methyl sites for hydroxylation is 3. The molecule has 578 valence electrons. The summed E-state index contributed by atoms with van der Waals surface area (Å²) < 4.78 is 19.8. The fourth-order valence-corrected chi connectivity index (χ4v) is 21.0. The van der Waals surface area contributed by atoms with E-state index >= 15 is 0 Å². The van der Waals surface area contributed by atoms with E-state index in [2.05, 4.69) is 430 Å². The number of nitrogens with zero attached hydrogens (tertiary/aromatic N) is 4. The van der Waals surface area contributed by atoms with Crippen molar-refractivity contribution in [2.75, 3.05) is 19.6 Å². The number of hydrogen-bond acceptors (Lipinski definition) is 8. The molecule has 0 N–H and O–H groups in total. The average Bonchev–Trinajstić information content (AvgIpc) is 1.32. The van der Waals surface area contributed by atoms with Crippen molar-refractivity contribution in [3.05, 3.63) is 410 Å². The number of fused-ring (bicyclic) bond motifs is 28. The highest BCUT2D eigenvalue weighted by Gasteiger charge is 2.40. The van der Waals surface area contributed by atoms with Gasteiger partial charge in [-0.25, -0.2) is 0 Å². The van der Waals surface area contributed by atoms with Crippen molar-refractivity contribution in [3.63, 3.8) is 0 Å². The summed E-state index contributed by atoms with van der Waals surface area (Å²) in [7, 11) is 0. The monoisotopic (exact) mass is 1580 g/mol. The molecule has 0 fully saturated rings. The standard InChI is InChI=1S/C59H42N2O2.C55H36N2OS/c1-35-21-27-56-52(29-35)61(53-30-36(2)22-28-57(53)62-56)38-24-26-44-39-13-5-7-15-41(39)46-31-37(23-25-43(46)40-14-6-8-16-42(40)47(44)32-38)60-51-19-11-12-20-55(51)63-58-33-48-45-17-9-10-18-49(45)59(3,4)50(48)34-54(58)60;1-35-14-13-17-37(30-35)56(36-15-3-2-4-16-36)38-26-28-44-41-19-6-8-21-43(41)48-32-39(27-29-45(48)40-18-5-7-20-42(40)47(44)31-38)57-50-23-10-12-25-54(50)59-55-33-49-46-22-9-11-24-52(46)58-53(49)34-51(55)57/h5-34H,1-4H3;2-34H,1H3. The molecule has 19 aromatic rings. The van der Waals surface area contributed by atoms with E-state index in [1.54, 1.807) is 0 Å². The molecule has 25 rings (SSSR count). The quantitative estimate of drug-likeness (QED) is 0.163. The predicted molar refractivity (Wildman–Crippen MR) is 506 cm³/mol. The summed E-state index contributed by atoms with van der Waals surface area (Å²) in [6, 6.07) is 140. The zero-order valence-electron chi connectivity index (χ0n) is 67.8. The lowest BCUT2D eigenvalue weighted by molar-refractivity contribution is 0.476. The summed E-state index contributed by atoms with van der Waals surface area (Å²) in [6.45, 7) is 11.1. The van der Waals surface area contributed by atoms with Crippen molar-refractivity contribution >= 4 is 102 Å². The molecule has 0 saturated carbocycles. The van der Waals surface area contributed by atoms with Crippen molar-refractivity contribution in [1.29, 1.82) is 0 Å². The largest absolute Gasteiger partial charge is 0.456 e. The van der Waals surface area contributed by atoms with Gasteiger partial charge in [-0.1, -0.05) is 256 Å². The van der Waals surface area contributed by atoms with Crippen LogP contribution in [-0.2, 0) is 5.41 Å². The summed E-state index contributed by atoms with van der Waals surface area (Å²) in [5.74, 6) is 3.40. The van der Waals surface area contributed by atoms with Crippen molar-refractivity contribution < 1.29 is 13.9 Å². The molecule has 7 nitrogen and oxygen atoms in total. The fourth-order valence-electron chi connectivity index (χ4n) is 19.9. The highest BCUT2D eigenvalue weighted by Crippen LogP contribution is 2.62. The fraction of sp³-hybridized carbons (Fsp3) is 0.0526. The highest BCUT2D eigenvalue weighted by molar-refractivity contribution is 7.99. The molecule has 1 aromatic heterocycles. The highest BCUT2D eigenvalue weighted by atomic mass is 32.2. The van der Waals surface area contributed by atoms with Gasteiger partial charge in [-0.05, 0) is 294 Å². The second-order valence-corrected chi connectivity index (χ2v) is 34.3. The molecule has 0 unspecified atom stereocenters. The number of para-hydroxylation sites is 5. The molecule has 122 heavy (non-hydrogen) atoms. The van der Waals surface area contributed by atoms with E-state index < -0.39 is 0 Å². The van der Waals surface area contributed by atoms with Gasteiger partial charge in [0.15, 0.2) is 23.0 Å². The zero-order chi connectivity index (χ0) is 81.2. The Morgan fingerprint density at radius 1 is 0.238 bits per heavy atom. The van der Waals surface area contributed by atoms with Gasteiger partial charge in [0, 0.05) is 66.2 Å². The minimum atomic E-state index is -0.155. The molecule has 0 radical (unpaired) electrons.